The summed E-state index contributed by atoms with van der Waals surface area (Å²) in [7, 11) is 4.77. The van der Waals surface area contributed by atoms with Gasteiger partial charge >= 0.3 is 5.97 Å². The van der Waals surface area contributed by atoms with Crippen LogP contribution in [0.2, 0.25) is 5.02 Å². The molecule has 6 nitrogen and oxygen atoms in total. The smallest absolute Gasteiger partial charge is 0.338 e. The number of methoxy groups -OCH3 is 1. The fourth-order valence-electron chi connectivity index (χ4n) is 3.11. The summed E-state index contributed by atoms with van der Waals surface area (Å²) in [6, 6.07) is 6.86. The molecule has 0 radical (unpaired) electrons. The van der Waals surface area contributed by atoms with E-state index in [0.717, 1.165) is 11.3 Å². The molecule has 0 saturated carbocycles. The number of thioether (sulfide) groups is 1. The number of fused-ring (bicyclic) bond motifs is 1. The maximum atomic E-state index is 12.6. The van der Waals surface area contributed by atoms with Crippen molar-refractivity contribution in [2.24, 2.45) is 4.99 Å². The number of amidine groups is 1. The molecule has 142 valence electrons. The molecule has 2 aliphatic heterocycles. The van der Waals surface area contributed by atoms with Crippen molar-refractivity contribution in [1.29, 1.82) is 0 Å². The minimum atomic E-state index is -0.444. The SMILES string of the molecule is COC(=O)C1=C(C)N=C2SC(C(=O)N(C)C)=C(C)N2C1c1ccc(Cl)cc1. The van der Waals surface area contributed by atoms with Crippen molar-refractivity contribution in [2.75, 3.05) is 21.2 Å². The number of nitrogens with zero attached hydrogens (tertiary/aromatic N) is 3. The van der Waals surface area contributed by atoms with Gasteiger partial charge in [0.05, 0.1) is 29.3 Å². The van der Waals surface area contributed by atoms with Crippen LogP contribution in [0.15, 0.2) is 51.1 Å². The molecule has 8 heteroatoms. The van der Waals surface area contributed by atoms with Gasteiger partial charge < -0.3 is 14.5 Å². The van der Waals surface area contributed by atoms with Gasteiger partial charge in [0.1, 0.15) is 0 Å². The Balaban J connectivity index is 2.18. The number of benzene rings is 1. The zero-order chi connectivity index (χ0) is 19.9. The van der Waals surface area contributed by atoms with E-state index in [1.165, 1.54) is 23.8 Å². The lowest BCUT2D eigenvalue weighted by atomic mass is 9.94. The lowest BCUT2D eigenvalue weighted by Crippen LogP contribution is -2.36. The molecule has 2 heterocycles. The topological polar surface area (TPSA) is 62.2 Å². The zero-order valence-electron chi connectivity index (χ0n) is 15.7. The number of allylic oxidation sites excluding steroid dienone is 2. The van der Waals surface area contributed by atoms with Crippen molar-refractivity contribution in [3.63, 3.8) is 0 Å². The quantitative estimate of drug-likeness (QED) is 0.719. The summed E-state index contributed by atoms with van der Waals surface area (Å²) in [6.45, 7) is 3.64. The van der Waals surface area contributed by atoms with Gasteiger partial charge in [0.25, 0.3) is 5.91 Å². The molecule has 3 rings (SSSR count). The first-order valence-corrected chi connectivity index (χ1v) is 9.48. The Morgan fingerprint density at radius 3 is 2.41 bits per heavy atom. The predicted octanol–water partition coefficient (Wildman–Crippen LogP) is 3.57. The van der Waals surface area contributed by atoms with Crippen molar-refractivity contribution < 1.29 is 14.3 Å². The Labute approximate surface area is 167 Å². The molecule has 0 bridgehead atoms. The lowest BCUT2D eigenvalue weighted by Gasteiger charge is -2.35. The standard InChI is InChI=1S/C19H20ClN3O3S/c1-10-14(18(25)26-5)15(12-6-8-13(20)9-7-12)23-11(2)16(17(24)22(3)4)27-19(23)21-10/h6-9,15H,1-5H3. The number of esters is 1. The van der Waals surface area contributed by atoms with E-state index in [9.17, 15) is 9.59 Å². The molecule has 0 aromatic heterocycles. The summed E-state index contributed by atoms with van der Waals surface area (Å²) in [6.07, 6.45) is 0. The molecule has 0 fully saturated rings. The van der Waals surface area contributed by atoms with Crippen LogP contribution in [0.25, 0.3) is 0 Å². The van der Waals surface area contributed by atoms with Crippen molar-refractivity contribution in [3.8, 4) is 0 Å². The van der Waals surface area contributed by atoms with E-state index in [1.807, 2.05) is 24.0 Å². The molecule has 0 N–H and O–H groups in total. The number of amides is 1. The van der Waals surface area contributed by atoms with Gasteiger partial charge in [-0.25, -0.2) is 9.79 Å². The van der Waals surface area contributed by atoms with Crippen molar-refractivity contribution in [3.05, 3.63) is 56.7 Å². The van der Waals surface area contributed by atoms with E-state index in [-0.39, 0.29) is 5.91 Å². The van der Waals surface area contributed by atoms with Crippen LogP contribution >= 0.6 is 23.4 Å². The van der Waals surface area contributed by atoms with Gasteiger partial charge in [0.2, 0.25) is 0 Å². The minimum absolute atomic E-state index is 0.0956. The van der Waals surface area contributed by atoms with Crippen molar-refractivity contribution >= 4 is 40.4 Å². The summed E-state index contributed by atoms with van der Waals surface area (Å²) >= 11 is 7.36. The number of aliphatic imine (C=N–C) groups is 1. The Morgan fingerprint density at radius 2 is 1.85 bits per heavy atom. The number of rotatable bonds is 3. The summed E-state index contributed by atoms with van der Waals surface area (Å²) in [4.78, 5) is 33.8. The largest absolute Gasteiger partial charge is 0.466 e. The molecule has 1 amide bonds. The molecule has 0 saturated heterocycles. The maximum absolute atomic E-state index is 12.6. The van der Waals surface area contributed by atoms with Crippen LogP contribution in [0.3, 0.4) is 0 Å². The second kappa shape index (κ2) is 7.40. The average Bonchev–Trinajstić information content (AvgIpc) is 2.96. The van der Waals surface area contributed by atoms with E-state index in [1.54, 1.807) is 33.2 Å². The van der Waals surface area contributed by atoms with Gasteiger partial charge in [-0.05, 0) is 43.3 Å². The van der Waals surface area contributed by atoms with Crippen LogP contribution in [0, 0.1) is 0 Å². The zero-order valence-corrected chi connectivity index (χ0v) is 17.3. The van der Waals surface area contributed by atoms with Crippen LogP contribution in [0.1, 0.15) is 25.5 Å². The highest BCUT2D eigenvalue weighted by atomic mass is 35.5. The highest BCUT2D eigenvalue weighted by Gasteiger charge is 2.43. The molecular weight excluding hydrogens is 386 g/mol. The van der Waals surface area contributed by atoms with Crippen LogP contribution in [-0.2, 0) is 14.3 Å². The first-order valence-electron chi connectivity index (χ1n) is 8.29. The molecule has 1 atom stereocenters. The van der Waals surface area contributed by atoms with Gasteiger partial charge in [-0.2, -0.15) is 0 Å². The fraction of sp³-hybridized carbons (Fsp3) is 0.316. The van der Waals surface area contributed by atoms with E-state index in [2.05, 4.69) is 4.99 Å². The van der Waals surface area contributed by atoms with Crippen LogP contribution in [0.4, 0.5) is 0 Å². The third kappa shape index (κ3) is 3.37. The molecule has 0 aliphatic carbocycles. The first kappa shape index (κ1) is 19.5. The number of carbonyl (C=O) groups excluding carboxylic acids is 2. The van der Waals surface area contributed by atoms with Crippen LogP contribution in [0.5, 0.6) is 0 Å². The summed E-state index contributed by atoms with van der Waals surface area (Å²) in [5.41, 5.74) is 2.64. The Morgan fingerprint density at radius 1 is 1.22 bits per heavy atom. The Bertz CT molecular complexity index is 903. The molecule has 1 aromatic rings. The molecular formula is C19H20ClN3O3S. The summed E-state index contributed by atoms with van der Waals surface area (Å²) in [5.74, 6) is -0.540. The lowest BCUT2D eigenvalue weighted by molar-refractivity contribution is -0.136. The van der Waals surface area contributed by atoms with E-state index >= 15 is 0 Å². The summed E-state index contributed by atoms with van der Waals surface area (Å²) in [5, 5.41) is 1.28. The third-order valence-corrected chi connectivity index (χ3v) is 5.86. The maximum Gasteiger partial charge on any atom is 0.338 e. The number of hydrogen-bond donors (Lipinski definition) is 0. The normalized spacial score (nSPS) is 19.1. The van der Waals surface area contributed by atoms with Gasteiger partial charge in [-0.3, -0.25) is 4.79 Å². The molecule has 1 unspecified atom stereocenters. The molecule has 2 aliphatic rings. The molecule has 0 spiro atoms. The van der Waals surface area contributed by atoms with E-state index < -0.39 is 12.0 Å². The van der Waals surface area contributed by atoms with Gasteiger partial charge in [0.15, 0.2) is 5.17 Å². The molecule has 27 heavy (non-hydrogen) atoms. The monoisotopic (exact) mass is 405 g/mol. The number of carbonyl (C=O) groups is 2. The summed E-state index contributed by atoms with van der Waals surface area (Å²) < 4.78 is 5.01. The highest BCUT2D eigenvalue weighted by Crippen LogP contribution is 2.47. The number of ether oxygens (including phenoxy) is 1. The van der Waals surface area contributed by atoms with Crippen LogP contribution in [-0.4, -0.2) is 48.0 Å². The first-order chi connectivity index (χ1) is 12.8. The minimum Gasteiger partial charge on any atom is -0.466 e. The average molecular weight is 406 g/mol. The van der Waals surface area contributed by atoms with Gasteiger partial charge in [-0.15, -0.1) is 0 Å². The fourth-order valence-corrected chi connectivity index (χ4v) is 4.46. The second-order valence-electron chi connectivity index (χ2n) is 6.43. The second-order valence-corrected chi connectivity index (χ2v) is 7.84. The van der Waals surface area contributed by atoms with E-state index in [0.29, 0.717) is 26.4 Å². The predicted molar refractivity (Wildman–Crippen MR) is 107 cm³/mol. The van der Waals surface area contributed by atoms with Crippen molar-refractivity contribution in [1.82, 2.24) is 9.80 Å². The number of hydrogen-bond acceptors (Lipinski definition) is 6. The van der Waals surface area contributed by atoms with Crippen molar-refractivity contribution in [2.45, 2.75) is 19.9 Å². The van der Waals surface area contributed by atoms with Gasteiger partial charge in [-0.1, -0.05) is 23.7 Å². The Hall–Kier alpha value is -2.25. The number of halogens is 1. The third-order valence-electron chi connectivity index (χ3n) is 4.47. The number of likely N-dealkylation sites (N-methyl/N-ethyl adjacent to an activating group) is 1. The molecule has 1 aromatic carbocycles. The Kier molecular flexibility index (Phi) is 5.35. The van der Waals surface area contributed by atoms with Gasteiger partial charge in [0, 0.05) is 24.8 Å². The highest BCUT2D eigenvalue weighted by molar-refractivity contribution is 8.18. The van der Waals surface area contributed by atoms with Crippen LogP contribution < -0.4 is 0 Å². The van der Waals surface area contributed by atoms with E-state index in [4.69, 9.17) is 16.3 Å².